The Labute approximate surface area is 158 Å². The fourth-order valence-corrected chi connectivity index (χ4v) is 3.49. The molecule has 1 fully saturated rings. The van der Waals surface area contributed by atoms with Crippen LogP contribution in [0.1, 0.15) is 12.5 Å². The minimum Gasteiger partial charge on any atom is -0.352 e. The second kappa shape index (κ2) is 6.70. The van der Waals surface area contributed by atoms with Crippen LogP contribution in [0.2, 0.25) is 0 Å². The summed E-state index contributed by atoms with van der Waals surface area (Å²) in [5, 5.41) is 2.84. The lowest BCUT2D eigenvalue weighted by Gasteiger charge is -2.13. The Hall–Kier alpha value is -3.29. The Morgan fingerprint density at radius 1 is 1.04 bits per heavy atom. The first-order valence-electron chi connectivity index (χ1n) is 8.72. The van der Waals surface area contributed by atoms with Crippen LogP contribution in [0.4, 0.5) is 18.0 Å². The van der Waals surface area contributed by atoms with Gasteiger partial charge in [0, 0.05) is 23.7 Å². The summed E-state index contributed by atoms with van der Waals surface area (Å²) in [4.78, 5) is 28.1. The van der Waals surface area contributed by atoms with Gasteiger partial charge in [-0.2, -0.15) is 0 Å². The Balaban J connectivity index is 1.78. The van der Waals surface area contributed by atoms with Gasteiger partial charge in [-0.25, -0.2) is 18.0 Å². The van der Waals surface area contributed by atoms with Gasteiger partial charge in [0.25, 0.3) is 5.91 Å². The standard InChI is InChI=1S/C20H16F3N3O2/c1-10-19(27)26(20(28)24-10)7-6-14-15-8-13(22)9-16(23)18(15)25-17(14)11-2-4-12(21)5-3-11/h2-5,8-10,25H,6-7H2,1H3,(H,24,28)/t10-/m0/s1. The molecule has 2 aromatic carbocycles. The largest absolute Gasteiger partial charge is 0.352 e. The van der Waals surface area contributed by atoms with Crippen LogP contribution in [0.25, 0.3) is 22.2 Å². The normalized spacial score (nSPS) is 16.9. The van der Waals surface area contributed by atoms with Crippen molar-refractivity contribution in [2.45, 2.75) is 19.4 Å². The Kier molecular flexibility index (Phi) is 4.33. The van der Waals surface area contributed by atoms with Crippen molar-refractivity contribution < 1.29 is 22.8 Å². The highest BCUT2D eigenvalue weighted by Gasteiger charge is 2.34. The first kappa shape index (κ1) is 18.1. The first-order chi connectivity index (χ1) is 13.3. The van der Waals surface area contributed by atoms with Crippen LogP contribution in [-0.4, -0.2) is 34.4 Å². The van der Waals surface area contributed by atoms with Gasteiger partial charge in [-0.1, -0.05) is 0 Å². The van der Waals surface area contributed by atoms with Crippen LogP contribution in [0.5, 0.6) is 0 Å². The van der Waals surface area contributed by atoms with Crippen LogP contribution in [-0.2, 0) is 11.2 Å². The summed E-state index contributed by atoms with van der Waals surface area (Å²) in [6.45, 7) is 1.63. The summed E-state index contributed by atoms with van der Waals surface area (Å²) in [5.74, 6) is -2.27. The summed E-state index contributed by atoms with van der Waals surface area (Å²) < 4.78 is 41.4. The molecule has 5 nitrogen and oxygen atoms in total. The second-order valence-electron chi connectivity index (χ2n) is 6.71. The minimum atomic E-state index is -0.756. The molecular weight excluding hydrogens is 371 g/mol. The van der Waals surface area contributed by atoms with Crippen molar-refractivity contribution in [2.24, 2.45) is 0 Å². The highest BCUT2D eigenvalue weighted by atomic mass is 19.1. The van der Waals surface area contributed by atoms with E-state index in [2.05, 4.69) is 10.3 Å². The molecule has 0 unspecified atom stereocenters. The van der Waals surface area contributed by atoms with Crippen molar-refractivity contribution in [1.82, 2.24) is 15.2 Å². The number of imide groups is 1. The number of fused-ring (bicyclic) bond motifs is 1. The number of aromatic nitrogens is 1. The molecule has 0 bridgehead atoms. The van der Waals surface area contributed by atoms with E-state index in [0.29, 0.717) is 22.2 Å². The topological polar surface area (TPSA) is 65.2 Å². The van der Waals surface area contributed by atoms with Crippen molar-refractivity contribution in [3.63, 3.8) is 0 Å². The molecule has 0 saturated carbocycles. The number of hydrogen-bond donors (Lipinski definition) is 2. The molecule has 1 atom stereocenters. The maximum Gasteiger partial charge on any atom is 0.324 e. The SMILES string of the molecule is C[C@@H]1NC(=O)N(CCc2c(-c3ccc(F)cc3)[nH]c3c(F)cc(F)cc23)C1=O. The van der Waals surface area contributed by atoms with Crippen LogP contribution < -0.4 is 5.32 Å². The summed E-state index contributed by atoms with van der Waals surface area (Å²) in [6, 6.07) is 6.43. The number of rotatable bonds is 4. The second-order valence-corrected chi connectivity index (χ2v) is 6.71. The summed E-state index contributed by atoms with van der Waals surface area (Å²) in [7, 11) is 0. The molecule has 0 aliphatic carbocycles. The lowest BCUT2D eigenvalue weighted by molar-refractivity contribution is -0.127. The lowest BCUT2D eigenvalue weighted by Crippen LogP contribution is -2.33. The highest BCUT2D eigenvalue weighted by molar-refractivity contribution is 6.04. The van der Waals surface area contributed by atoms with Crippen molar-refractivity contribution in [1.29, 1.82) is 0 Å². The molecule has 28 heavy (non-hydrogen) atoms. The summed E-state index contributed by atoms with van der Waals surface area (Å²) in [5.41, 5.74) is 1.72. The fraction of sp³-hybridized carbons (Fsp3) is 0.200. The molecule has 0 radical (unpaired) electrons. The zero-order chi connectivity index (χ0) is 20.0. The maximum atomic E-state index is 14.3. The highest BCUT2D eigenvalue weighted by Crippen LogP contribution is 2.33. The van der Waals surface area contributed by atoms with Gasteiger partial charge in [0.1, 0.15) is 23.5 Å². The zero-order valence-corrected chi connectivity index (χ0v) is 14.9. The van der Waals surface area contributed by atoms with E-state index in [4.69, 9.17) is 0 Å². The Morgan fingerprint density at radius 2 is 1.75 bits per heavy atom. The smallest absolute Gasteiger partial charge is 0.324 e. The van der Waals surface area contributed by atoms with E-state index < -0.39 is 29.5 Å². The van der Waals surface area contributed by atoms with Gasteiger partial charge >= 0.3 is 6.03 Å². The van der Waals surface area contributed by atoms with E-state index in [-0.39, 0.29) is 24.4 Å². The van der Waals surface area contributed by atoms with Gasteiger partial charge in [-0.3, -0.25) is 9.69 Å². The molecule has 1 aliphatic rings. The number of carbonyl (C=O) groups is 2. The van der Waals surface area contributed by atoms with E-state index in [1.807, 2.05) is 0 Å². The maximum absolute atomic E-state index is 14.3. The number of nitrogens with one attached hydrogen (secondary N) is 2. The quantitative estimate of drug-likeness (QED) is 0.670. The van der Waals surface area contributed by atoms with E-state index >= 15 is 0 Å². The molecule has 3 aromatic rings. The van der Waals surface area contributed by atoms with Gasteiger partial charge in [0.05, 0.1) is 5.52 Å². The van der Waals surface area contributed by atoms with E-state index in [0.717, 1.165) is 11.0 Å². The number of halogens is 3. The average molecular weight is 387 g/mol. The van der Waals surface area contributed by atoms with Crippen molar-refractivity contribution >= 4 is 22.8 Å². The van der Waals surface area contributed by atoms with Crippen molar-refractivity contribution in [3.05, 3.63) is 59.4 Å². The molecular formula is C20H16F3N3O2. The van der Waals surface area contributed by atoms with Gasteiger partial charge in [-0.05, 0) is 54.8 Å². The average Bonchev–Trinajstić information content (AvgIpc) is 3.12. The third-order valence-corrected chi connectivity index (χ3v) is 4.87. The van der Waals surface area contributed by atoms with E-state index in [1.54, 1.807) is 6.92 Å². The zero-order valence-electron chi connectivity index (χ0n) is 14.9. The molecule has 1 aromatic heterocycles. The predicted octanol–water partition coefficient (Wildman–Crippen LogP) is 3.74. The van der Waals surface area contributed by atoms with Crippen molar-refractivity contribution in [3.8, 4) is 11.3 Å². The van der Waals surface area contributed by atoms with Crippen LogP contribution in [0, 0.1) is 17.5 Å². The first-order valence-corrected chi connectivity index (χ1v) is 8.72. The third-order valence-electron chi connectivity index (χ3n) is 4.87. The van der Waals surface area contributed by atoms with Crippen LogP contribution in [0.15, 0.2) is 36.4 Å². The van der Waals surface area contributed by atoms with Gasteiger partial charge in [0.2, 0.25) is 0 Å². The third kappa shape index (κ3) is 3.00. The molecule has 8 heteroatoms. The number of urea groups is 1. The van der Waals surface area contributed by atoms with Crippen LogP contribution >= 0.6 is 0 Å². The molecule has 1 saturated heterocycles. The number of aromatic amines is 1. The molecule has 3 amide bonds. The number of amides is 3. The predicted molar refractivity (Wildman–Crippen MR) is 97.0 cm³/mol. The Morgan fingerprint density at radius 3 is 2.39 bits per heavy atom. The molecule has 2 heterocycles. The monoisotopic (exact) mass is 387 g/mol. The summed E-state index contributed by atoms with van der Waals surface area (Å²) in [6.07, 6.45) is 0.182. The van der Waals surface area contributed by atoms with E-state index in [1.165, 1.54) is 30.3 Å². The van der Waals surface area contributed by atoms with Crippen molar-refractivity contribution in [2.75, 3.05) is 6.54 Å². The lowest BCUT2D eigenvalue weighted by atomic mass is 10.0. The molecule has 144 valence electrons. The molecule has 0 spiro atoms. The molecule has 1 aliphatic heterocycles. The number of carbonyl (C=O) groups excluding carboxylic acids is 2. The molecule has 4 rings (SSSR count). The Bertz CT molecular complexity index is 1090. The fourth-order valence-electron chi connectivity index (χ4n) is 3.49. The number of benzene rings is 2. The van der Waals surface area contributed by atoms with Gasteiger partial charge in [0.15, 0.2) is 0 Å². The number of H-pyrrole nitrogens is 1. The number of hydrogen-bond acceptors (Lipinski definition) is 2. The van der Waals surface area contributed by atoms with Gasteiger partial charge < -0.3 is 10.3 Å². The summed E-state index contributed by atoms with van der Waals surface area (Å²) >= 11 is 0. The van der Waals surface area contributed by atoms with E-state index in [9.17, 15) is 22.8 Å². The number of nitrogens with zero attached hydrogens (tertiary/aromatic N) is 1. The minimum absolute atomic E-state index is 0.0499. The molecule has 2 N–H and O–H groups in total. The van der Waals surface area contributed by atoms with Gasteiger partial charge in [-0.15, -0.1) is 0 Å². The van der Waals surface area contributed by atoms with Crippen LogP contribution in [0.3, 0.4) is 0 Å².